The molecule has 1 heterocycles. The highest BCUT2D eigenvalue weighted by Gasteiger charge is 2.14. The number of nitrogens with zero attached hydrogens (tertiary/aromatic N) is 2. The van der Waals surface area contributed by atoms with Crippen molar-refractivity contribution in [2.75, 3.05) is 12.3 Å². The largest absolute Gasteiger partial charge is 0.356 e. The Labute approximate surface area is 150 Å². The third-order valence-electron chi connectivity index (χ3n) is 3.74. The molecule has 0 fully saturated rings. The molecule has 25 heavy (non-hydrogen) atoms. The number of hydrogen-bond donors (Lipinski definition) is 1. The van der Waals surface area contributed by atoms with Crippen LogP contribution in [0.3, 0.4) is 0 Å². The van der Waals surface area contributed by atoms with Gasteiger partial charge in [0.1, 0.15) is 0 Å². The van der Waals surface area contributed by atoms with Crippen LogP contribution in [0.1, 0.15) is 12.5 Å². The third-order valence-corrected chi connectivity index (χ3v) is 4.68. The molecule has 0 saturated heterocycles. The third kappa shape index (κ3) is 3.74. The van der Waals surface area contributed by atoms with E-state index in [9.17, 15) is 9.59 Å². The molecular formula is C19H19N3O2S. The van der Waals surface area contributed by atoms with Crippen LogP contribution in [0.4, 0.5) is 0 Å². The van der Waals surface area contributed by atoms with Gasteiger partial charge in [-0.05, 0) is 38.1 Å². The Morgan fingerprint density at radius 3 is 2.60 bits per heavy atom. The van der Waals surface area contributed by atoms with E-state index in [1.54, 1.807) is 10.6 Å². The van der Waals surface area contributed by atoms with Crippen molar-refractivity contribution in [3.05, 3.63) is 64.4 Å². The average molecular weight is 353 g/mol. The summed E-state index contributed by atoms with van der Waals surface area (Å²) in [6.07, 6.45) is 0. The zero-order valence-corrected chi connectivity index (χ0v) is 15.0. The lowest BCUT2D eigenvalue weighted by Gasteiger charge is -2.13. The van der Waals surface area contributed by atoms with Gasteiger partial charge in [-0.1, -0.05) is 41.6 Å². The molecule has 0 unspecified atom stereocenters. The lowest BCUT2D eigenvalue weighted by atomic mass is 10.2. The van der Waals surface area contributed by atoms with Gasteiger partial charge in [-0.15, -0.1) is 0 Å². The standard InChI is InChI=1S/C19H19N3O2S/c1-3-20-17(23)12-25-19-21-16-7-5-4-6-15(16)18(24)22(19)14-10-8-13(2)9-11-14/h4-11H,3,12H2,1-2H3,(H,20,23). The smallest absolute Gasteiger partial charge is 0.266 e. The second-order valence-electron chi connectivity index (χ2n) is 5.63. The molecule has 0 aliphatic carbocycles. The number of amides is 1. The summed E-state index contributed by atoms with van der Waals surface area (Å²) in [6.45, 7) is 4.45. The van der Waals surface area contributed by atoms with Crippen molar-refractivity contribution in [1.82, 2.24) is 14.9 Å². The van der Waals surface area contributed by atoms with Crippen LogP contribution >= 0.6 is 11.8 Å². The predicted molar refractivity (Wildman–Crippen MR) is 101 cm³/mol. The van der Waals surface area contributed by atoms with Crippen molar-refractivity contribution in [3.63, 3.8) is 0 Å². The second-order valence-corrected chi connectivity index (χ2v) is 6.57. The lowest BCUT2D eigenvalue weighted by molar-refractivity contribution is -0.118. The number of para-hydroxylation sites is 1. The topological polar surface area (TPSA) is 64.0 Å². The van der Waals surface area contributed by atoms with Gasteiger partial charge < -0.3 is 5.32 Å². The van der Waals surface area contributed by atoms with Crippen LogP contribution in [0.15, 0.2) is 58.5 Å². The van der Waals surface area contributed by atoms with Crippen molar-refractivity contribution in [2.24, 2.45) is 0 Å². The summed E-state index contributed by atoms with van der Waals surface area (Å²) in [5, 5.41) is 3.83. The van der Waals surface area contributed by atoms with Crippen molar-refractivity contribution in [3.8, 4) is 5.69 Å². The molecule has 0 bridgehead atoms. The molecule has 1 N–H and O–H groups in total. The minimum absolute atomic E-state index is 0.0784. The van der Waals surface area contributed by atoms with Crippen LogP contribution in [0.5, 0.6) is 0 Å². The van der Waals surface area contributed by atoms with E-state index >= 15 is 0 Å². The van der Waals surface area contributed by atoms with E-state index in [0.717, 1.165) is 11.3 Å². The minimum atomic E-state index is -0.132. The number of carbonyl (C=O) groups is 1. The predicted octanol–water partition coefficient (Wildman–Crippen LogP) is 2.92. The zero-order chi connectivity index (χ0) is 17.8. The van der Waals surface area contributed by atoms with E-state index in [-0.39, 0.29) is 17.2 Å². The fourth-order valence-corrected chi connectivity index (χ4v) is 3.35. The Morgan fingerprint density at radius 1 is 1.16 bits per heavy atom. The number of aromatic nitrogens is 2. The first-order valence-electron chi connectivity index (χ1n) is 8.08. The summed E-state index contributed by atoms with van der Waals surface area (Å²) >= 11 is 1.26. The first-order valence-corrected chi connectivity index (χ1v) is 9.07. The number of carbonyl (C=O) groups excluding carboxylic acids is 1. The van der Waals surface area contributed by atoms with Gasteiger partial charge in [0.05, 0.1) is 22.3 Å². The fourth-order valence-electron chi connectivity index (χ4n) is 2.51. The van der Waals surface area contributed by atoms with E-state index in [1.807, 2.05) is 56.3 Å². The molecule has 0 radical (unpaired) electrons. The van der Waals surface area contributed by atoms with Crippen LogP contribution in [0.25, 0.3) is 16.6 Å². The highest BCUT2D eigenvalue weighted by atomic mass is 32.2. The second kappa shape index (κ2) is 7.53. The normalized spacial score (nSPS) is 10.8. The number of hydrogen-bond acceptors (Lipinski definition) is 4. The van der Waals surface area contributed by atoms with E-state index in [0.29, 0.717) is 22.6 Å². The minimum Gasteiger partial charge on any atom is -0.356 e. The zero-order valence-electron chi connectivity index (χ0n) is 14.2. The van der Waals surface area contributed by atoms with Crippen molar-refractivity contribution >= 4 is 28.6 Å². The molecule has 0 aliphatic heterocycles. The molecule has 0 atom stereocenters. The van der Waals surface area contributed by atoms with Crippen molar-refractivity contribution in [1.29, 1.82) is 0 Å². The first-order chi connectivity index (χ1) is 12.1. The summed E-state index contributed by atoms with van der Waals surface area (Å²) in [5.74, 6) is 0.134. The lowest BCUT2D eigenvalue weighted by Crippen LogP contribution is -2.26. The molecule has 3 aromatic rings. The number of aryl methyl sites for hydroxylation is 1. The van der Waals surface area contributed by atoms with Gasteiger partial charge >= 0.3 is 0 Å². The van der Waals surface area contributed by atoms with Crippen molar-refractivity contribution in [2.45, 2.75) is 19.0 Å². The van der Waals surface area contributed by atoms with Gasteiger partial charge in [-0.25, -0.2) is 4.98 Å². The van der Waals surface area contributed by atoms with Gasteiger partial charge in [0, 0.05) is 6.54 Å². The number of rotatable bonds is 5. The Kier molecular flexibility index (Phi) is 5.19. The van der Waals surface area contributed by atoms with Gasteiger partial charge in [-0.2, -0.15) is 0 Å². The van der Waals surface area contributed by atoms with Gasteiger partial charge in [-0.3, -0.25) is 14.2 Å². The maximum atomic E-state index is 13.0. The number of thioether (sulfide) groups is 1. The Balaban J connectivity index is 2.12. The molecule has 128 valence electrons. The highest BCUT2D eigenvalue weighted by Crippen LogP contribution is 2.21. The first kappa shape index (κ1) is 17.2. The Bertz CT molecular complexity index is 965. The Morgan fingerprint density at radius 2 is 1.88 bits per heavy atom. The van der Waals surface area contributed by atoms with Crippen LogP contribution in [-0.2, 0) is 4.79 Å². The molecule has 0 aliphatic rings. The van der Waals surface area contributed by atoms with E-state index in [4.69, 9.17) is 0 Å². The molecule has 6 heteroatoms. The molecule has 2 aromatic carbocycles. The van der Waals surface area contributed by atoms with Crippen molar-refractivity contribution < 1.29 is 4.79 Å². The van der Waals surface area contributed by atoms with Gasteiger partial charge in [0.2, 0.25) is 5.91 Å². The van der Waals surface area contributed by atoms with Crippen LogP contribution in [0.2, 0.25) is 0 Å². The summed E-state index contributed by atoms with van der Waals surface area (Å²) in [5.41, 5.74) is 2.36. The molecule has 3 rings (SSSR count). The maximum absolute atomic E-state index is 13.0. The molecular weight excluding hydrogens is 334 g/mol. The SMILES string of the molecule is CCNC(=O)CSc1nc2ccccc2c(=O)n1-c1ccc(C)cc1. The van der Waals surface area contributed by atoms with Crippen LogP contribution < -0.4 is 10.9 Å². The van der Waals surface area contributed by atoms with Crippen LogP contribution in [-0.4, -0.2) is 27.8 Å². The van der Waals surface area contributed by atoms with E-state index < -0.39 is 0 Å². The Hall–Kier alpha value is -2.60. The van der Waals surface area contributed by atoms with Gasteiger partial charge in [0.25, 0.3) is 5.56 Å². The molecule has 1 amide bonds. The monoisotopic (exact) mass is 353 g/mol. The van der Waals surface area contributed by atoms with E-state index in [2.05, 4.69) is 10.3 Å². The molecule has 1 aromatic heterocycles. The number of benzene rings is 2. The summed E-state index contributed by atoms with van der Waals surface area (Å²) < 4.78 is 1.58. The fraction of sp³-hybridized carbons (Fsp3) is 0.211. The molecule has 0 spiro atoms. The number of fused-ring (bicyclic) bond motifs is 1. The highest BCUT2D eigenvalue weighted by molar-refractivity contribution is 7.99. The summed E-state index contributed by atoms with van der Waals surface area (Å²) in [4.78, 5) is 29.4. The molecule has 0 saturated carbocycles. The van der Waals surface area contributed by atoms with Crippen LogP contribution in [0, 0.1) is 6.92 Å². The number of nitrogens with one attached hydrogen (secondary N) is 1. The molecule has 5 nitrogen and oxygen atoms in total. The van der Waals surface area contributed by atoms with Gasteiger partial charge in [0.15, 0.2) is 5.16 Å². The maximum Gasteiger partial charge on any atom is 0.266 e. The average Bonchev–Trinajstić information content (AvgIpc) is 2.61. The summed E-state index contributed by atoms with van der Waals surface area (Å²) in [6, 6.07) is 15.0. The summed E-state index contributed by atoms with van der Waals surface area (Å²) in [7, 11) is 0. The van der Waals surface area contributed by atoms with E-state index in [1.165, 1.54) is 11.8 Å². The quantitative estimate of drug-likeness (QED) is 0.566.